The maximum Gasteiger partial charge on any atom is 0.0551 e. The van der Waals surface area contributed by atoms with Crippen LogP contribution in [0.2, 0.25) is 0 Å². The van der Waals surface area contributed by atoms with Crippen LogP contribution < -0.4 is 5.32 Å². The highest BCUT2D eigenvalue weighted by atomic mass is 16.5. The molecule has 12 heavy (non-hydrogen) atoms. The molecule has 1 N–H and O–H groups in total. The van der Waals surface area contributed by atoms with E-state index >= 15 is 0 Å². The molecule has 0 aromatic rings. The average molecular weight is 170 g/mol. The van der Waals surface area contributed by atoms with Gasteiger partial charge >= 0.3 is 0 Å². The lowest BCUT2D eigenvalue weighted by Crippen LogP contribution is -2.39. The number of rotatable bonds is 2. The van der Waals surface area contributed by atoms with Crippen molar-refractivity contribution in [2.24, 2.45) is 11.3 Å². The minimum atomic E-state index is 0.420. The highest BCUT2D eigenvalue weighted by molar-refractivity contribution is 4.99. The Kier molecular flexibility index (Phi) is 2.10. The smallest absolute Gasteiger partial charge is 0.0551 e. The highest BCUT2D eigenvalue weighted by Gasteiger charge is 2.47. The molecule has 0 aromatic carbocycles. The van der Waals surface area contributed by atoms with Crippen molar-refractivity contribution in [3.8, 4) is 0 Å². The second-order valence-corrected chi connectivity index (χ2v) is 4.44. The van der Waals surface area contributed by atoms with E-state index in [9.17, 15) is 0 Å². The molecule has 0 unspecified atom stereocenters. The summed E-state index contributed by atoms with van der Waals surface area (Å²) in [5.41, 5.74) is 0.420. The monoisotopic (exact) mass is 170 g/mol. The van der Waals surface area contributed by atoms with Gasteiger partial charge in [-0.1, -0.05) is 0 Å². The van der Waals surface area contributed by atoms with Crippen molar-refractivity contribution < 1.29 is 4.74 Å². The summed E-state index contributed by atoms with van der Waals surface area (Å²) in [6.07, 6.45) is 0. The van der Waals surface area contributed by atoms with Gasteiger partial charge in [0.05, 0.1) is 13.2 Å². The van der Waals surface area contributed by atoms with Gasteiger partial charge in [0.15, 0.2) is 0 Å². The standard InChI is InChI=1S/C9H18N2O/c1-11(2)6-9-5-10-3-8(9)4-12-7-9/h8,10H,3-7H2,1-2H3/t8-,9-/m1/s1. The SMILES string of the molecule is CN(C)C[C@@]12CNC[C@@H]1COC2. The Morgan fingerprint density at radius 1 is 1.58 bits per heavy atom. The summed E-state index contributed by atoms with van der Waals surface area (Å²) in [7, 11) is 4.28. The molecule has 0 spiro atoms. The van der Waals surface area contributed by atoms with E-state index < -0.39 is 0 Å². The molecule has 70 valence electrons. The third kappa shape index (κ3) is 1.26. The van der Waals surface area contributed by atoms with Crippen LogP contribution in [-0.2, 0) is 4.74 Å². The van der Waals surface area contributed by atoms with Crippen molar-refractivity contribution in [2.45, 2.75) is 0 Å². The quantitative estimate of drug-likeness (QED) is 0.620. The molecule has 2 heterocycles. The van der Waals surface area contributed by atoms with Gasteiger partial charge in [-0.2, -0.15) is 0 Å². The maximum absolute atomic E-state index is 5.55. The van der Waals surface area contributed by atoms with E-state index in [2.05, 4.69) is 24.3 Å². The van der Waals surface area contributed by atoms with Crippen LogP contribution in [0, 0.1) is 11.3 Å². The summed E-state index contributed by atoms with van der Waals surface area (Å²) < 4.78 is 5.55. The zero-order chi connectivity index (χ0) is 8.60. The fourth-order valence-electron chi connectivity index (χ4n) is 2.53. The molecular weight excluding hydrogens is 152 g/mol. The van der Waals surface area contributed by atoms with E-state index in [0.29, 0.717) is 5.41 Å². The molecule has 0 aromatic heterocycles. The number of nitrogens with one attached hydrogen (secondary N) is 1. The first kappa shape index (κ1) is 8.48. The number of hydrogen-bond acceptors (Lipinski definition) is 3. The Morgan fingerprint density at radius 2 is 2.42 bits per heavy atom. The van der Waals surface area contributed by atoms with Gasteiger partial charge in [0.1, 0.15) is 0 Å². The third-order valence-corrected chi connectivity index (χ3v) is 3.07. The molecule has 2 fully saturated rings. The Morgan fingerprint density at radius 3 is 3.17 bits per heavy atom. The van der Waals surface area contributed by atoms with Crippen molar-refractivity contribution in [1.82, 2.24) is 10.2 Å². The molecule has 0 radical (unpaired) electrons. The Bertz CT molecular complexity index is 160. The van der Waals surface area contributed by atoms with Crippen LogP contribution in [-0.4, -0.2) is 51.8 Å². The molecule has 3 nitrogen and oxygen atoms in total. The third-order valence-electron chi connectivity index (χ3n) is 3.07. The van der Waals surface area contributed by atoms with Crippen molar-refractivity contribution in [2.75, 3.05) is 46.9 Å². The van der Waals surface area contributed by atoms with Gasteiger partial charge in [-0.25, -0.2) is 0 Å². The molecule has 0 aliphatic carbocycles. The zero-order valence-electron chi connectivity index (χ0n) is 7.97. The van der Waals surface area contributed by atoms with E-state index in [1.54, 1.807) is 0 Å². The minimum absolute atomic E-state index is 0.420. The second kappa shape index (κ2) is 2.98. The molecule has 0 amide bonds. The van der Waals surface area contributed by atoms with Crippen LogP contribution in [0.4, 0.5) is 0 Å². The van der Waals surface area contributed by atoms with E-state index in [-0.39, 0.29) is 0 Å². The first-order chi connectivity index (χ1) is 5.73. The summed E-state index contributed by atoms with van der Waals surface area (Å²) in [6.45, 7) is 5.35. The number of hydrogen-bond donors (Lipinski definition) is 1. The lowest BCUT2D eigenvalue weighted by atomic mass is 9.81. The first-order valence-electron chi connectivity index (χ1n) is 4.66. The molecule has 2 rings (SSSR count). The summed E-state index contributed by atoms with van der Waals surface area (Å²) in [5, 5.41) is 3.46. The summed E-state index contributed by atoms with van der Waals surface area (Å²) in [6, 6.07) is 0. The highest BCUT2D eigenvalue weighted by Crippen LogP contribution is 2.37. The van der Waals surface area contributed by atoms with Crippen LogP contribution in [0.1, 0.15) is 0 Å². The predicted molar refractivity (Wildman–Crippen MR) is 48.2 cm³/mol. The molecule has 2 saturated heterocycles. The van der Waals surface area contributed by atoms with Gasteiger partial charge in [0.25, 0.3) is 0 Å². The molecule has 0 saturated carbocycles. The van der Waals surface area contributed by atoms with E-state index in [0.717, 1.165) is 38.8 Å². The summed E-state index contributed by atoms with van der Waals surface area (Å²) in [5.74, 6) is 0.750. The van der Waals surface area contributed by atoms with Crippen LogP contribution in [0.25, 0.3) is 0 Å². The normalized spacial score (nSPS) is 40.8. The number of nitrogens with zero attached hydrogens (tertiary/aromatic N) is 1. The van der Waals surface area contributed by atoms with E-state index in [1.807, 2.05) is 0 Å². The van der Waals surface area contributed by atoms with E-state index in [4.69, 9.17) is 4.74 Å². The van der Waals surface area contributed by atoms with Crippen molar-refractivity contribution >= 4 is 0 Å². The van der Waals surface area contributed by atoms with Crippen molar-refractivity contribution in [3.63, 3.8) is 0 Å². The summed E-state index contributed by atoms with van der Waals surface area (Å²) in [4.78, 5) is 2.27. The van der Waals surface area contributed by atoms with Gasteiger partial charge in [0, 0.05) is 31.0 Å². The molecule has 2 aliphatic heterocycles. The molecule has 2 aliphatic rings. The first-order valence-corrected chi connectivity index (χ1v) is 4.66. The van der Waals surface area contributed by atoms with Gasteiger partial charge in [-0.05, 0) is 14.1 Å². The predicted octanol–water partition coefficient (Wildman–Crippen LogP) is -0.216. The van der Waals surface area contributed by atoms with Crippen LogP contribution in [0.3, 0.4) is 0 Å². The number of ether oxygens (including phenoxy) is 1. The fraction of sp³-hybridized carbons (Fsp3) is 1.00. The number of fused-ring (bicyclic) bond motifs is 1. The molecule has 3 heteroatoms. The fourth-order valence-corrected chi connectivity index (χ4v) is 2.53. The van der Waals surface area contributed by atoms with Crippen molar-refractivity contribution in [1.29, 1.82) is 0 Å². The Hall–Kier alpha value is -0.120. The average Bonchev–Trinajstić information content (AvgIpc) is 2.42. The van der Waals surface area contributed by atoms with Gasteiger partial charge in [-0.15, -0.1) is 0 Å². The Labute approximate surface area is 74.1 Å². The van der Waals surface area contributed by atoms with Gasteiger partial charge in [0.2, 0.25) is 0 Å². The lowest BCUT2D eigenvalue weighted by Gasteiger charge is -2.29. The molecule has 2 atom stereocenters. The molecule has 0 bridgehead atoms. The van der Waals surface area contributed by atoms with Gasteiger partial charge < -0.3 is 15.0 Å². The van der Waals surface area contributed by atoms with Gasteiger partial charge in [-0.3, -0.25) is 0 Å². The topological polar surface area (TPSA) is 24.5 Å². The molecular formula is C9H18N2O. The minimum Gasteiger partial charge on any atom is -0.380 e. The maximum atomic E-state index is 5.55. The Balaban J connectivity index is 2.06. The van der Waals surface area contributed by atoms with Crippen LogP contribution in [0.5, 0.6) is 0 Å². The largest absolute Gasteiger partial charge is 0.380 e. The van der Waals surface area contributed by atoms with Crippen LogP contribution in [0.15, 0.2) is 0 Å². The van der Waals surface area contributed by atoms with Crippen LogP contribution >= 0.6 is 0 Å². The van der Waals surface area contributed by atoms with Crippen molar-refractivity contribution in [3.05, 3.63) is 0 Å². The lowest BCUT2D eigenvalue weighted by molar-refractivity contribution is 0.132. The van der Waals surface area contributed by atoms with E-state index in [1.165, 1.54) is 0 Å². The second-order valence-electron chi connectivity index (χ2n) is 4.44. The zero-order valence-corrected chi connectivity index (χ0v) is 7.97. The summed E-state index contributed by atoms with van der Waals surface area (Å²) >= 11 is 0.